The second-order valence-corrected chi connectivity index (χ2v) is 9.09. The van der Waals surface area contributed by atoms with Crippen molar-refractivity contribution in [3.05, 3.63) is 48.5 Å². The van der Waals surface area contributed by atoms with Crippen LogP contribution >= 0.6 is 0 Å². The van der Waals surface area contributed by atoms with Gasteiger partial charge in [-0.1, -0.05) is 12.1 Å². The summed E-state index contributed by atoms with van der Waals surface area (Å²) in [7, 11) is -3.51. The number of carbonyl (C=O) groups is 2. The van der Waals surface area contributed by atoms with E-state index in [1.165, 1.54) is 28.6 Å². The van der Waals surface area contributed by atoms with E-state index in [0.29, 0.717) is 30.3 Å². The number of amides is 1. The van der Waals surface area contributed by atoms with E-state index < -0.39 is 34.6 Å². The van der Waals surface area contributed by atoms with E-state index in [1.807, 2.05) is 0 Å². The first-order valence-corrected chi connectivity index (χ1v) is 11.3. The quantitative estimate of drug-likeness (QED) is 0.674. The molecule has 1 saturated heterocycles. The van der Waals surface area contributed by atoms with Gasteiger partial charge in [0.2, 0.25) is 16.1 Å². The number of sulfonamides is 1. The van der Waals surface area contributed by atoms with Gasteiger partial charge in [0.05, 0.1) is 4.90 Å². The SMILES string of the molecule is O=C(COC(=O)C1COc2ccccc2O1)Nc1ccc(S(=O)(=O)N2CCCC2)cc1. The first-order chi connectivity index (χ1) is 14.9. The number of rotatable bonds is 6. The monoisotopic (exact) mass is 446 g/mol. The van der Waals surface area contributed by atoms with E-state index in [4.69, 9.17) is 14.2 Å². The fourth-order valence-electron chi connectivity index (χ4n) is 3.35. The molecule has 164 valence electrons. The van der Waals surface area contributed by atoms with Crippen molar-refractivity contribution in [2.75, 3.05) is 31.6 Å². The van der Waals surface area contributed by atoms with Gasteiger partial charge in [0.1, 0.15) is 6.61 Å². The third-order valence-electron chi connectivity index (χ3n) is 4.96. The van der Waals surface area contributed by atoms with Crippen LogP contribution in [-0.4, -0.2) is 57.0 Å². The number of para-hydroxylation sites is 2. The van der Waals surface area contributed by atoms with Gasteiger partial charge in [0.25, 0.3) is 5.91 Å². The van der Waals surface area contributed by atoms with Crippen LogP contribution < -0.4 is 14.8 Å². The summed E-state index contributed by atoms with van der Waals surface area (Å²) in [5.41, 5.74) is 0.396. The zero-order valence-electron chi connectivity index (χ0n) is 16.7. The van der Waals surface area contributed by atoms with Crippen molar-refractivity contribution >= 4 is 27.6 Å². The van der Waals surface area contributed by atoms with Gasteiger partial charge in [-0.15, -0.1) is 0 Å². The number of nitrogens with zero attached hydrogens (tertiary/aromatic N) is 1. The van der Waals surface area contributed by atoms with Crippen LogP contribution in [0.1, 0.15) is 12.8 Å². The molecule has 31 heavy (non-hydrogen) atoms. The van der Waals surface area contributed by atoms with Crippen LogP contribution in [0.15, 0.2) is 53.4 Å². The van der Waals surface area contributed by atoms with Crippen LogP contribution in [0.5, 0.6) is 11.5 Å². The molecular weight excluding hydrogens is 424 g/mol. The summed E-state index contributed by atoms with van der Waals surface area (Å²) in [5.74, 6) is -0.291. The Morgan fingerprint density at radius 3 is 2.42 bits per heavy atom. The molecule has 0 spiro atoms. The molecule has 0 saturated carbocycles. The van der Waals surface area contributed by atoms with E-state index in [2.05, 4.69) is 5.32 Å². The van der Waals surface area contributed by atoms with E-state index >= 15 is 0 Å². The summed E-state index contributed by atoms with van der Waals surface area (Å²) in [5, 5.41) is 2.57. The molecule has 0 radical (unpaired) electrons. The normalized spacial score (nSPS) is 18.4. The van der Waals surface area contributed by atoms with Crippen molar-refractivity contribution in [3.63, 3.8) is 0 Å². The van der Waals surface area contributed by atoms with Crippen LogP contribution in [0.4, 0.5) is 5.69 Å². The first-order valence-electron chi connectivity index (χ1n) is 9.89. The molecule has 2 heterocycles. The summed E-state index contributed by atoms with van der Waals surface area (Å²) in [6.45, 7) is 0.527. The molecule has 1 N–H and O–H groups in total. The van der Waals surface area contributed by atoms with Gasteiger partial charge in [0, 0.05) is 18.8 Å². The largest absolute Gasteiger partial charge is 0.485 e. The zero-order chi connectivity index (χ0) is 21.8. The summed E-state index contributed by atoms with van der Waals surface area (Å²) >= 11 is 0. The Kier molecular flexibility index (Phi) is 6.10. The second kappa shape index (κ2) is 8.94. The van der Waals surface area contributed by atoms with Crippen LogP contribution in [-0.2, 0) is 24.3 Å². The molecule has 0 aromatic heterocycles. The predicted octanol–water partition coefficient (Wildman–Crippen LogP) is 1.79. The number of fused-ring (bicyclic) bond motifs is 1. The number of hydrogen-bond acceptors (Lipinski definition) is 7. The summed E-state index contributed by atoms with van der Waals surface area (Å²) < 4.78 is 42.5. The number of anilines is 1. The van der Waals surface area contributed by atoms with Crippen molar-refractivity contribution in [2.24, 2.45) is 0 Å². The van der Waals surface area contributed by atoms with E-state index in [1.54, 1.807) is 24.3 Å². The number of hydrogen-bond donors (Lipinski definition) is 1. The summed E-state index contributed by atoms with van der Waals surface area (Å²) in [6, 6.07) is 12.8. The molecule has 2 aromatic rings. The predicted molar refractivity (Wildman–Crippen MR) is 110 cm³/mol. The van der Waals surface area contributed by atoms with Crippen LogP contribution in [0, 0.1) is 0 Å². The lowest BCUT2D eigenvalue weighted by Gasteiger charge is -2.24. The van der Waals surface area contributed by atoms with Gasteiger partial charge < -0.3 is 19.5 Å². The van der Waals surface area contributed by atoms with Gasteiger partial charge >= 0.3 is 5.97 Å². The molecule has 0 bridgehead atoms. The Labute approximate surface area is 179 Å². The number of ether oxygens (including phenoxy) is 3. The summed E-state index contributed by atoms with van der Waals surface area (Å²) in [4.78, 5) is 24.4. The van der Waals surface area contributed by atoms with Gasteiger partial charge in [0.15, 0.2) is 18.1 Å². The zero-order valence-corrected chi connectivity index (χ0v) is 17.5. The Morgan fingerprint density at radius 1 is 1.03 bits per heavy atom. The number of benzene rings is 2. The van der Waals surface area contributed by atoms with Gasteiger partial charge in [-0.3, -0.25) is 4.79 Å². The van der Waals surface area contributed by atoms with Crippen molar-refractivity contribution in [2.45, 2.75) is 23.8 Å². The fourth-order valence-corrected chi connectivity index (χ4v) is 4.87. The number of nitrogens with one attached hydrogen (secondary N) is 1. The fraction of sp³-hybridized carbons (Fsp3) is 0.333. The molecule has 1 amide bonds. The maximum atomic E-state index is 12.5. The third-order valence-corrected chi connectivity index (χ3v) is 6.87. The van der Waals surface area contributed by atoms with Crippen LogP contribution in [0.2, 0.25) is 0 Å². The van der Waals surface area contributed by atoms with Crippen molar-refractivity contribution in [1.82, 2.24) is 4.31 Å². The van der Waals surface area contributed by atoms with Crippen LogP contribution in [0.3, 0.4) is 0 Å². The molecule has 1 atom stereocenters. The summed E-state index contributed by atoms with van der Waals surface area (Å²) in [6.07, 6.45) is 0.755. The highest BCUT2D eigenvalue weighted by Crippen LogP contribution is 2.31. The average Bonchev–Trinajstić information content (AvgIpc) is 3.33. The molecule has 2 aliphatic rings. The molecule has 2 aromatic carbocycles. The van der Waals surface area contributed by atoms with Gasteiger partial charge in [-0.2, -0.15) is 4.31 Å². The Balaban J connectivity index is 1.28. The van der Waals surface area contributed by atoms with E-state index in [-0.39, 0.29) is 11.5 Å². The highest BCUT2D eigenvalue weighted by Gasteiger charge is 2.29. The molecule has 0 aliphatic carbocycles. The minimum Gasteiger partial charge on any atom is -0.485 e. The van der Waals surface area contributed by atoms with Crippen molar-refractivity contribution in [1.29, 1.82) is 0 Å². The maximum Gasteiger partial charge on any atom is 0.351 e. The van der Waals surface area contributed by atoms with Crippen molar-refractivity contribution in [3.8, 4) is 11.5 Å². The van der Waals surface area contributed by atoms with Gasteiger partial charge in [-0.25, -0.2) is 13.2 Å². The molecule has 10 heteroatoms. The molecule has 2 aliphatic heterocycles. The standard InChI is InChI=1S/C21H22N2O7S/c24-20(14-29-21(25)19-13-28-17-5-1-2-6-18(17)30-19)22-15-7-9-16(10-8-15)31(26,27)23-11-3-4-12-23/h1-2,5-10,19H,3-4,11-14H2,(H,22,24). The van der Waals surface area contributed by atoms with E-state index in [9.17, 15) is 18.0 Å². The lowest BCUT2D eigenvalue weighted by molar-refractivity contribution is -0.156. The molecule has 1 fully saturated rings. The minimum absolute atomic E-state index is 0.00950. The van der Waals surface area contributed by atoms with Gasteiger partial charge in [-0.05, 0) is 49.2 Å². The Morgan fingerprint density at radius 2 is 1.71 bits per heavy atom. The number of esters is 1. The lowest BCUT2D eigenvalue weighted by atomic mass is 10.2. The first kappa shape index (κ1) is 21.1. The topological polar surface area (TPSA) is 111 Å². The molecule has 9 nitrogen and oxygen atoms in total. The smallest absolute Gasteiger partial charge is 0.351 e. The molecule has 1 unspecified atom stereocenters. The molecule has 4 rings (SSSR count). The lowest BCUT2D eigenvalue weighted by Crippen LogP contribution is -2.39. The Hall–Kier alpha value is -3.11. The van der Waals surface area contributed by atoms with Crippen molar-refractivity contribution < 1.29 is 32.2 Å². The van der Waals surface area contributed by atoms with E-state index in [0.717, 1.165) is 12.8 Å². The number of carbonyl (C=O) groups excluding carboxylic acids is 2. The molecular formula is C21H22N2O7S. The van der Waals surface area contributed by atoms with Crippen LogP contribution in [0.25, 0.3) is 0 Å². The minimum atomic E-state index is -3.51. The average molecular weight is 446 g/mol. The highest BCUT2D eigenvalue weighted by molar-refractivity contribution is 7.89. The Bertz CT molecular complexity index is 1060. The highest BCUT2D eigenvalue weighted by atomic mass is 32.2. The maximum absolute atomic E-state index is 12.5. The second-order valence-electron chi connectivity index (χ2n) is 7.16. The third kappa shape index (κ3) is 4.80.